The third-order valence-corrected chi connectivity index (χ3v) is 6.93. The van der Waals surface area contributed by atoms with Gasteiger partial charge in [0.05, 0.1) is 4.90 Å². The molecular weight excluding hydrogens is 280 g/mol. The molecule has 1 heterocycles. The molecule has 0 aromatic carbocycles. The topological polar surface area (TPSA) is 49.4 Å². The molecule has 1 aromatic rings. The molecule has 0 bridgehead atoms. The molecule has 0 saturated heterocycles. The number of rotatable bonds is 6. The van der Waals surface area contributed by atoms with Crippen LogP contribution in [-0.2, 0) is 16.6 Å². The highest BCUT2D eigenvalue weighted by molar-refractivity contribution is 7.89. The van der Waals surface area contributed by atoms with E-state index in [1.165, 1.54) is 0 Å². The van der Waals surface area contributed by atoms with Crippen molar-refractivity contribution in [3.63, 3.8) is 0 Å². The van der Waals surface area contributed by atoms with Gasteiger partial charge in [-0.1, -0.05) is 13.3 Å². The first-order valence-electron chi connectivity index (χ1n) is 6.75. The van der Waals surface area contributed by atoms with Gasteiger partial charge < -0.3 is 5.32 Å². The van der Waals surface area contributed by atoms with E-state index in [0.29, 0.717) is 4.90 Å². The van der Waals surface area contributed by atoms with E-state index in [2.05, 4.69) is 5.32 Å². The van der Waals surface area contributed by atoms with E-state index >= 15 is 0 Å². The molecule has 0 atom stereocenters. The van der Waals surface area contributed by atoms with Gasteiger partial charge in [0, 0.05) is 29.4 Å². The monoisotopic (exact) mass is 302 g/mol. The molecule has 6 heteroatoms. The minimum absolute atomic E-state index is 0.196. The Labute approximate surface area is 119 Å². The van der Waals surface area contributed by atoms with Crippen LogP contribution in [0.1, 0.15) is 35.9 Å². The Kier molecular flexibility index (Phi) is 4.66. The molecule has 0 aliphatic heterocycles. The van der Waals surface area contributed by atoms with Crippen LogP contribution in [0.5, 0.6) is 0 Å². The van der Waals surface area contributed by atoms with Crippen molar-refractivity contribution >= 4 is 21.4 Å². The summed E-state index contributed by atoms with van der Waals surface area (Å²) in [5, 5.41) is 3.23. The van der Waals surface area contributed by atoms with Crippen molar-refractivity contribution in [3.05, 3.63) is 15.8 Å². The minimum Gasteiger partial charge on any atom is -0.312 e. The summed E-state index contributed by atoms with van der Waals surface area (Å²) in [5.74, 6) is 0. The quantitative estimate of drug-likeness (QED) is 0.877. The third-order valence-electron chi connectivity index (χ3n) is 3.72. The number of aryl methyl sites for hydroxylation is 1. The summed E-state index contributed by atoms with van der Waals surface area (Å²) in [5.41, 5.74) is 0. The van der Waals surface area contributed by atoms with Crippen molar-refractivity contribution < 1.29 is 8.42 Å². The van der Waals surface area contributed by atoms with Gasteiger partial charge in [-0.25, -0.2) is 8.42 Å². The van der Waals surface area contributed by atoms with Gasteiger partial charge >= 0.3 is 0 Å². The van der Waals surface area contributed by atoms with Crippen molar-refractivity contribution in [2.45, 2.75) is 50.6 Å². The van der Waals surface area contributed by atoms with E-state index in [1.54, 1.807) is 22.7 Å². The largest absolute Gasteiger partial charge is 0.312 e. The van der Waals surface area contributed by atoms with Crippen molar-refractivity contribution in [1.29, 1.82) is 0 Å². The Morgan fingerprint density at radius 3 is 2.68 bits per heavy atom. The highest BCUT2D eigenvalue weighted by Crippen LogP contribution is 2.32. The van der Waals surface area contributed by atoms with Gasteiger partial charge in [-0.2, -0.15) is 4.31 Å². The predicted molar refractivity (Wildman–Crippen MR) is 79.0 cm³/mol. The lowest BCUT2D eigenvalue weighted by Gasteiger charge is -2.33. The Morgan fingerprint density at radius 2 is 2.16 bits per heavy atom. The fraction of sp³-hybridized carbons (Fsp3) is 0.692. The van der Waals surface area contributed by atoms with Crippen LogP contribution in [0.3, 0.4) is 0 Å². The van der Waals surface area contributed by atoms with E-state index < -0.39 is 10.0 Å². The van der Waals surface area contributed by atoms with Gasteiger partial charge in [0.1, 0.15) is 0 Å². The molecule has 0 unspecified atom stereocenters. The lowest BCUT2D eigenvalue weighted by atomic mass is 9.94. The zero-order valence-corrected chi connectivity index (χ0v) is 13.4. The second kappa shape index (κ2) is 5.91. The van der Waals surface area contributed by atoms with Crippen LogP contribution < -0.4 is 5.32 Å². The summed E-state index contributed by atoms with van der Waals surface area (Å²) in [6.45, 7) is 5.57. The predicted octanol–water partition coefficient (Wildman–Crippen LogP) is 2.34. The number of nitrogens with one attached hydrogen (secondary N) is 1. The zero-order chi connectivity index (χ0) is 14.0. The van der Waals surface area contributed by atoms with E-state index in [1.807, 2.05) is 19.9 Å². The van der Waals surface area contributed by atoms with E-state index in [4.69, 9.17) is 0 Å². The molecule has 2 rings (SSSR count). The van der Waals surface area contributed by atoms with Crippen LogP contribution in [0.15, 0.2) is 11.0 Å². The van der Waals surface area contributed by atoms with Gasteiger partial charge in [-0.3, -0.25) is 0 Å². The number of sulfonamides is 1. The van der Waals surface area contributed by atoms with Gasteiger partial charge in [0.25, 0.3) is 0 Å². The van der Waals surface area contributed by atoms with E-state index in [9.17, 15) is 8.42 Å². The molecule has 108 valence electrons. The standard InChI is InChI=1S/C13H22N2O2S2/c1-4-14-9-12-8-13(10(2)18-12)19(16,17)15(3)11-6-5-7-11/h8,11,14H,4-7,9H2,1-3H3. The molecule has 0 spiro atoms. The molecule has 1 aromatic heterocycles. The lowest BCUT2D eigenvalue weighted by Crippen LogP contribution is -2.41. The smallest absolute Gasteiger partial charge is 0.244 e. The highest BCUT2D eigenvalue weighted by atomic mass is 32.2. The van der Waals surface area contributed by atoms with Crippen LogP contribution in [-0.4, -0.2) is 32.4 Å². The Morgan fingerprint density at radius 1 is 1.47 bits per heavy atom. The summed E-state index contributed by atoms with van der Waals surface area (Å²) < 4.78 is 26.7. The number of thiophene rings is 1. The minimum atomic E-state index is -3.32. The summed E-state index contributed by atoms with van der Waals surface area (Å²) in [7, 11) is -1.61. The molecule has 4 nitrogen and oxygen atoms in total. The van der Waals surface area contributed by atoms with Gasteiger partial charge in [0.15, 0.2) is 0 Å². The summed E-state index contributed by atoms with van der Waals surface area (Å²) in [6.07, 6.45) is 3.12. The number of hydrogen-bond donors (Lipinski definition) is 1. The Bertz CT molecular complexity index is 533. The third kappa shape index (κ3) is 3.02. The molecule has 1 aliphatic rings. The average molecular weight is 302 g/mol. The molecule has 0 amide bonds. The fourth-order valence-electron chi connectivity index (χ4n) is 2.22. The molecule has 1 saturated carbocycles. The van der Waals surface area contributed by atoms with Gasteiger partial charge in [-0.15, -0.1) is 11.3 Å². The number of nitrogens with zero attached hydrogens (tertiary/aromatic N) is 1. The summed E-state index contributed by atoms with van der Waals surface area (Å²) in [6, 6.07) is 2.02. The van der Waals surface area contributed by atoms with Crippen molar-refractivity contribution in [3.8, 4) is 0 Å². The van der Waals surface area contributed by atoms with E-state index in [-0.39, 0.29) is 6.04 Å². The Hall–Kier alpha value is -0.430. The Balaban J connectivity index is 2.21. The van der Waals surface area contributed by atoms with Crippen LogP contribution in [0.2, 0.25) is 0 Å². The van der Waals surface area contributed by atoms with E-state index in [0.717, 1.165) is 42.1 Å². The second-order valence-electron chi connectivity index (χ2n) is 5.02. The first-order valence-corrected chi connectivity index (χ1v) is 9.00. The van der Waals surface area contributed by atoms with Crippen molar-refractivity contribution in [1.82, 2.24) is 9.62 Å². The zero-order valence-electron chi connectivity index (χ0n) is 11.8. The van der Waals surface area contributed by atoms with Gasteiger partial charge in [0.2, 0.25) is 10.0 Å². The summed E-state index contributed by atoms with van der Waals surface area (Å²) >= 11 is 1.57. The maximum atomic E-state index is 12.6. The fourth-order valence-corrected chi connectivity index (χ4v) is 5.20. The molecule has 1 aliphatic carbocycles. The molecule has 19 heavy (non-hydrogen) atoms. The van der Waals surface area contributed by atoms with Crippen LogP contribution >= 0.6 is 11.3 Å². The highest BCUT2D eigenvalue weighted by Gasteiger charge is 2.33. The van der Waals surface area contributed by atoms with Crippen LogP contribution in [0.4, 0.5) is 0 Å². The molecule has 0 radical (unpaired) electrons. The number of hydrogen-bond acceptors (Lipinski definition) is 4. The molecule has 1 N–H and O–H groups in total. The second-order valence-corrected chi connectivity index (χ2v) is 8.33. The molecular formula is C13H22N2O2S2. The van der Waals surface area contributed by atoms with Crippen molar-refractivity contribution in [2.75, 3.05) is 13.6 Å². The maximum absolute atomic E-state index is 12.6. The van der Waals surface area contributed by atoms with Crippen molar-refractivity contribution in [2.24, 2.45) is 0 Å². The first kappa shape index (κ1) is 15.0. The SMILES string of the molecule is CCNCc1cc(S(=O)(=O)N(C)C2CCC2)c(C)s1. The van der Waals surface area contributed by atoms with Crippen LogP contribution in [0.25, 0.3) is 0 Å². The average Bonchev–Trinajstić information content (AvgIpc) is 2.66. The maximum Gasteiger partial charge on any atom is 0.244 e. The lowest BCUT2D eigenvalue weighted by molar-refractivity contribution is 0.249. The first-order chi connectivity index (χ1) is 8.96. The summed E-state index contributed by atoms with van der Waals surface area (Å²) in [4.78, 5) is 2.46. The van der Waals surface area contributed by atoms with Gasteiger partial charge in [-0.05, 0) is 32.4 Å². The normalized spacial score (nSPS) is 16.8. The van der Waals surface area contributed by atoms with Crippen LogP contribution in [0, 0.1) is 6.92 Å². The molecule has 1 fully saturated rings.